The Morgan fingerprint density at radius 3 is 1.88 bits per heavy atom. The Morgan fingerprint density at radius 1 is 1.06 bits per heavy atom. The zero-order valence-electron chi connectivity index (χ0n) is 9.74. The quantitative estimate of drug-likeness (QED) is 0.350. The molecule has 0 radical (unpaired) electrons. The van der Waals surface area contributed by atoms with Crippen molar-refractivity contribution < 1.29 is 30.1 Å². The molecule has 0 aromatic rings. The van der Waals surface area contributed by atoms with Gasteiger partial charge >= 0.3 is 10.4 Å². The Morgan fingerprint density at radius 2 is 1.47 bits per heavy atom. The molecule has 2 N–H and O–H groups in total. The SMILES string of the molecule is CCCCCCCCOS(=O)(=O)O.O=[SH](=O)O. The van der Waals surface area contributed by atoms with E-state index in [0.717, 1.165) is 12.8 Å². The summed E-state index contributed by atoms with van der Waals surface area (Å²) in [7, 11) is -7.34. The molecule has 0 unspecified atom stereocenters. The minimum Gasteiger partial charge on any atom is -0.288 e. The fourth-order valence-electron chi connectivity index (χ4n) is 1.05. The van der Waals surface area contributed by atoms with E-state index >= 15 is 0 Å². The monoisotopic (exact) mass is 292 g/mol. The fraction of sp³-hybridized carbons (Fsp3) is 1.00. The molecule has 0 fully saturated rings. The van der Waals surface area contributed by atoms with Gasteiger partial charge in [0.25, 0.3) is 11.0 Å². The summed E-state index contributed by atoms with van der Waals surface area (Å²) in [4.78, 5) is 0. The van der Waals surface area contributed by atoms with Crippen molar-refractivity contribution in [2.75, 3.05) is 6.61 Å². The van der Waals surface area contributed by atoms with Crippen LogP contribution in [0.1, 0.15) is 45.4 Å². The van der Waals surface area contributed by atoms with Gasteiger partial charge in [-0.05, 0) is 6.42 Å². The lowest BCUT2D eigenvalue weighted by molar-refractivity contribution is 0.261. The van der Waals surface area contributed by atoms with Crippen molar-refractivity contribution in [3.8, 4) is 0 Å². The summed E-state index contributed by atoms with van der Waals surface area (Å²) in [5.74, 6) is 0. The maximum atomic E-state index is 10.1. The maximum absolute atomic E-state index is 10.1. The molecule has 7 nitrogen and oxygen atoms in total. The molecule has 0 spiro atoms. The Balaban J connectivity index is 0. The third-order valence-electron chi connectivity index (χ3n) is 1.73. The first-order valence-corrected chi connectivity index (χ1v) is 7.74. The van der Waals surface area contributed by atoms with Crippen molar-refractivity contribution >= 4 is 21.4 Å². The number of hydrogen-bond donors (Lipinski definition) is 3. The molecule has 0 heterocycles. The minimum absolute atomic E-state index is 0.0883. The van der Waals surface area contributed by atoms with E-state index in [9.17, 15) is 8.42 Å². The normalized spacial score (nSPS) is 11.1. The number of rotatable bonds is 8. The van der Waals surface area contributed by atoms with E-state index in [0.29, 0.717) is 6.42 Å². The van der Waals surface area contributed by atoms with Crippen molar-refractivity contribution in [2.45, 2.75) is 45.4 Å². The van der Waals surface area contributed by atoms with Crippen LogP contribution < -0.4 is 0 Å². The molecule has 0 bridgehead atoms. The summed E-state index contributed by atoms with van der Waals surface area (Å²) in [5, 5.41) is 0. The summed E-state index contributed by atoms with van der Waals surface area (Å²) < 4.78 is 56.8. The first kappa shape index (κ1) is 19.1. The van der Waals surface area contributed by atoms with Gasteiger partial charge in [-0.3, -0.25) is 9.11 Å². The number of hydrogen-bond acceptors (Lipinski definition) is 5. The molecule has 0 aliphatic heterocycles. The van der Waals surface area contributed by atoms with Gasteiger partial charge in [0.15, 0.2) is 0 Å². The zero-order valence-corrected chi connectivity index (χ0v) is 11.5. The highest BCUT2D eigenvalue weighted by Crippen LogP contribution is 2.05. The molecule has 17 heavy (non-hydrogen) atoms. The van der Waals surface area contributed by atoms with E-state index in [1.165, 1.54) is 19.3 Å². The summed E-state index contributed by atoms with van der Waals surface area (Å²) >= 11 is 0. The second-order valence-electron chi connectivity index (χ2n) is 3.26. The fourth-order valence-corrected chi connectivity index (χ4v) is 1.38. The van der Waals surface area contributed by atoms with Gasteiger partial charge in [-0.2, -0.15) is 8.42 Å². The van der Waals surface area contributed by atoms with Gasteiger partial charge in [0.05, 0.1) is 6.61 Å². The lowest BCUT2D eigenvalue weighted by Gasteiger charge is -2.00. The Hall–Kier alpha value is -0.220. The topological polar surface area (TPSA) is 118 Å². The third kappa shape index (κ3) is 31.3. The predicted molar refractivity (Wildman–Crippen MR) is 63.8 cm³/mol. The summed E-state index contributed by atoms with van der Waals surface area (Å²) in [6.07, 6.45) is 6.34. The second-order valence-corrected chi connectivity index (χ2v) is 4.82. The van der Waals surface area contributed by atoms with Gasteiger partial charge in [-0.1, -0.05) is 39.0 Å². The van der Waals surface area contributed by atoms with Crippen LogP contribution in [0.25, 0.3) is 0 Å². The van der Waals surface area contributed by atoms with Crippen LogP contribution in [0.15, 0.2) is 0 Å². The van der Waals surface area contributed by atoms with E-state index in [2.05, 4.69) is 11.1 Å². The molecule has 0 aliphatic rings. The molecule has 106 valence electrons. The number of unbranched alkanes of at least 4 members (excludes halogenated alkanes) is 5. The summed E-state index contributed by atoms with van der Waals surface area (Å²) in [6, 6.07) is 0. The lowest BCUT2D eigenvalue weighted by Crippen LogP contribution is -2.04. The molecule has 0 saturated carbocycles. The van der Waals surface area contributed by atoms with E-state index in [1.807, 2.05) is 0 Å². The Labute approximate surface area is 104 Å². The zero-order chi connectivity index (χ0) is 13.7. The van der Waals surface area contributed by atoms with Crippen LogP contribution in [-0.2, 0) is 25.6 Å². The van der Waals surface area contributed by atoms with Crippen molar-refractivity contribution in [3.05, 3.63) is 0 Å². The van der Waals surface area contributed by atoms with Crippen LogP contribution in [0.3, 0.4) is 0 Å². The smallest absolute Gasteiger partial charge is 0.288 e. The molecule has 0 rings (SSSR count). The first-order chi connectivity index (χ1) is 7.79. The molecule has 0 aromatic heterocycles. The largest absolute Gasteiger partial charge is 0.397 e. The van der Waals surface area contributed by atoms with Crippen LogP contribution >= 0.6 is 0 Å². The Kier molecular flexibility index (Phi) is 13.8. The second kappa shape index (κ2) is 12.2. The molecule has 0 atom stereocenters. The summed E-state index contributed by atoms with van der Waals surface area (Å²) in [5.41, 5.74) is 0. The van der Waals surface area contributed by atoms with Gasteiger partial charge in [0.2, 0.25) is 0 Å². The average Bonchev–Trinajstić information content (AvgIpc) is 2.14. The molecular weight excluding hydrogens is 272 g/mol. The Bertz CT molecular complexity index is 313. The van der Waals surface area contributed by atoms with Gasteiger partial charge in [0.1, 0.15) is 0 Å². The average molecular weight is 292 g/mol. The molecule has 9 heteroatoms. The van der Waals surface area contributed by atoms with E-state index in [1.54, 1.807) is 0 Å². The van der Waals surface area contributed by atoms with E-state index < -0.39 is 21.4 Å². The van der Waals surface area contributed by atoms with Crippen molar-refractivity contribution in [2.24, 2.45) is 0 Å². The highest BCUT2D eigenvalue weighted by Gasteiger charge is 2.02. The van der Waals surface area contributed by atoms with Gasteiger partial charge in [-0.15, -0.1) is 0 Å². The predicted octanol–water partition coefficient (Wildman–Crippen LogP) is 1.24. The van der Waals surface area contributed by atoms with Crippen LogP contribution in [0.4, 0.5) is 0 Å². The van der Waals surface area contributed by atoms with Gasteiger partial charge in [0, 0.05) is 0 Å². The first-order valence-electron chi connectivity index (χ1n) is 5.24. The maximum Gasteiger partial charge on any atom is 0.397 e. The number of thiol groups is 1. The lowest BCUT2D eigenvalue weighted by atomic mass is 10.1. The molecule has 0 aliphatic carbocycles. The third-order valence-corrected chi connectivity index (χ3v) is 2.19. The highest BCUT2D eigenvalue weighted by molar-refractivity contribution is 7.80. The van der Waals surface area contributed by atoms with Gasteiger partial charge in [-0.25, -0.2) is 12.6 Å². The van der Waals surface area contributed by atoms with Crippen LogP contribution in [0, 0.1) is 0 Å². The van der Waals surface area contributed by atoms with Crippen LogP contribution in [0.5, 0.6) is 0 Å². The van der Waals surface area contributed by atoms with E-state index in [4.69, 9.17) is 17.5 Å². The summed E-state index contributed by atoms with van der Waals surface area (Å²) in [6.45, 7) is 2.23. The van der Waals surface area contributed by atoms with Crippen LogP contribution in [0.2, 0.25) is 0 Å². The van der Waals surface area contributed by atoms with Crippen molar-refractivity contribution in [1.29, 1.82) is 0 Å². The van der Waals surface area contributed by atoms with Crippen LogP contribution in [-0.4, -0.2) is 32.5 Å². The molecule has 0 saturated heterocycles. The van der Waals surface area contributed by atoms with E-state index in [-0.39, 0.29) is 6.61 Å². The molecule has 0 aromatic carbocycles. The molecular formula is C8H20O7S2. The molecule has 0 amide bonds. The van der Waals surface area contributed by atoms with Crippen molar-refractivity contribution in [3.63, 3.8) is 0 Å². The van der Waals surface area contributed by atoms with Gasteiger partial charge < -0.3 is 0 Å². The standard InChI is InChI=1S/C8H18O4S.H2O3S/c1-2-3-4-5-6-7-8-12-13(9,10)11;1-4(2)3/h2-8H2,1H3,(H,9,10,11);4H,(H,1,2,3). The highest BCUT2D eigenvalue weighted by atomic mass is 32.3. The minimum atomic E-state index is -4.22. The van der Waals surface area contributed by atoms with Crippen molar-refractivity contribution in [1.82, 2.24) is 0 Å².